The highest BCUT2D eigenvalue weighted by atomic mass is 35.5. The molecule has 0 bridgehead atoms. The van der Waals surface area contributed by atoms with Crippen LogP contribution in [0.25, 0.3) is 17.1 Å². The van der Waals surface area contributed by atoms with Gasteiger partial charge >= 0.3 is 0 Å². The maximum atomic E-state index is 12.6. The van der Waals surface area contributed by atoms with Crippen LogP contribution in [-0.2, 0) is 0 Å². The van der Waals surface area contributed by atoms with Gasteiger partial charge in [-0.1, -0.05) is 60.1 Å². The molecule has 0 fully saturated rings. The fourth-order valence-electron chi connectivity index (χ4n) is 2.65. The predicted octanol–water partition coefficient (Wildman–Crippen LogP) is 4.84. The van der Waals surface area contributed by atoms with E-state index in [2.05, 4.69) is 15.4 Å². The van der Waals surface area contributed by atoms with Crippen LogP contribution in [0.4, 0.5) is 5.69 Å². The summed E-state index contributed by atoms with van der Waals surface area (Å²) in [6, 6.07) is 26.1. The van der Waals surface area contributed by atoms with Crippen LogP contribution in [0.5, 0.6) is 0 Å². The molecule has 27 heavy (non-hydrogen) atoms. The molecule has 1 amide bonds. The lowest BCUT2D eigenvalue weighted by atomic mass is 10.2. The Balaban J connectivity index is 1.72. The first kappa shape index (κ1) is 17.0. The monoisotopic (exact) mass is 374 g/mol. The summed E-state index contributed by atoms with van der Waals surface area (Å²) in [5, 5.41) is 7.83. The third-order valence-corrected chi connectivity index (χ3v) is 4.20. The molecule has 132 valence electrons. The second-order valence-corrected chi connectivity index (χ2v) is 6.27. The van der Waals surface area contributed by atoms with Crippen molar-refractivity contribution in [1.29, 1.82) is 0 Å². The molecule has 5 nitrogen and oxygen atoms in total. The van der Waals surface area contributed by atoms with E-state index < -0.39 is 0 Å². The average molecular weight is 375 g/mol. The smallest absolute Gasteiger partial charge is 0.295 e. The first-order valence-corrected chi connectivity index (χ1v) is 8.73. The Morgan fingerprint density at radius 2 is 1.48 bits per heavy atom. The van der Waals surface area contributed by atoms with Crippen molar-refractivity contribution >= 4 is 23.2 Å². The average Bonchev–Trinajstić information content (AvgIpc) is 3.17. The number of benzene rings is 3. The summed E-state index contributed by atoms with van der Waals surface area (Å²) in [5.41, 5.74) is 2.33. The summed E-state index contributed by atoms with van der Waals surface area (Å²) >= 11 is 5.88. The molecule has 4 rings (SSSR count). The van der Waals surface area contributed by atoms with Gasteiger partial charge in [-0.15, -0.1) is 5.10 Å². The third-order valence-electron chi connectivity index (χ3n) is 3.95. The standard InChI is InChI=1S/C21H15ClN4O/c22-16-11-13-17(14-12-16)23-21(27)19-24-20(15-7-3-1-4-8-15)26(25-19)18-9-5-2-6-10-18/h1-14H,(H,23,27). The summed E-state index contributed by atoms with van der Waals surface area (Å²) in [6.07, 6.45) is 0. The van der Waals surface area contributed by atoms with Crippen LogP contribution < -0.4 is 5.32 Å². The summed E-state index contributed by atoms with van der Waals surface area (Å²) in [7, 11) is 0. The fraction of sp³-hybridized carbons (Fsp3) is 0. The van der Waals surface area contributed by atoms with E-state index in [1.165, 1.54) is 0 Å². The van der Waals surface area contributed by atoms with Gasteiger partial charge < -0.3 is 5.32 Å². The molecule has 6 heteroatoms. The quantitative estimate of drug-likeness (QED) is 0.556. The molecule has 0 spiro atoms. The number of rotatable bonds is 4. The molecule has 0 aliphatic rings. The number of para-hydroxylation sites is 1. The molecule has 0 saturated heterocycles. The van der Waals surface area contributed by atoms with E-state index in [-0.39, 0.29) is 11.7 Å². The largest absolute Gasteiger partial charge is 0.319 e. The van der Waals surface area contributed by atoms with Crippen LogP contribution in [0.1, 0.15) is 10.6 Å². The van der Waals surface area contributed by atoms with Crippen molar-refractivity contribution in [3.63, 3.8) is 0 Å². The number of hydrogen-bond donors (Lipinski definition) is 1. The summed E-state index contributed by atoms with van der Waals surface area (Å²) < 4.78 is 1.67. The second-order valence-electron chi connectivity index (χ2n) is 5.83. The van der Waals surface area contributed by atoms with Crippen molar-refractivity contribution in [2.45, 2.75) is 0 Å². The van der Waals surface area contributed by atoms with Crippen LogP contribution in [0.15, 0.2) is 84.9 Å². The van der Waals surface area contributed by atoms with Crippen LogP contribution in [0, 0.1) is 0 Å². The topological polar surface area (TPSA) is 59.8 Å². The highest BCUT2D eigenvalue weighted by Crippen LogP contribution is 2.21. The lowest BCUT2D eigenvalue weighted by molar-refractivity contribution is 0.101. The van der Waals surface area contributed by atoms with Gasteiger partial charge in [0.05, 0.1) is 5.69 Å². The molecule has 1 heterocycles. The second kappa shape index (κ2) is 7.43. The van der Waals surface area contributed by atoms with Crippen molar-refractivity contribution in [1.82, 2.24) is 14.8 Å². The molecule has 4 aromatic rings. The van der Waals surface area contributed by atoms with Gasteiger partial charge in [-0.2, -0.15) is 0 Å². The molecule has 3 aromatic carbocycles. The van der Waals surface area contributed by atoms with Crippen molar-refractivity contribution in [2.24, 2.45) is 0 Å². The molecule has 0 aliphatic heterocycles. The minimum absolute atomic E-state index is 0.0904. The molecule has 1 N–H and O–H groups in total. The number of anilines is 1. The van der Waals surface area contributed by atoms with Crippen LogP contribution in [-0.4, -0.2) is 20.7 Å². The number of nitrogens with one attached hydrogen (secondary N) is 1. The van der Waals surface area contributed by atoms with Crippen LogP contribution >= 0.6 is 11.6 Å². The Hall–Kier alpha value is -3.44. The Morgan fingerprint density at radius 3 is 2.15 bits per heavy atom. The zero-order valence-corrected chi connectivity index (χ0v) is 15.0. The number of carbonyl (C=O) groups excluding carboxylic acids is 1. The fourth-order valence-corrected chi connectivity index (χ4v) is 2.78. The highest BCUT2D eigenvalue weighted by molar-refractivity contribution is 6.30. The Labute approximate surface area is 161 Å². The molecule has 0 unspecified atom stereocenters. The molecule has 0 radical (unpaired) electrons. The maximum Gasteiger partial charge on any atom is 0.295 e. The molecular formula is C21H15ClN4O. The van der Waals surface area contributed by atoms with Gasteiger partial charge in [-0.25, -0.2) is 9.67 Å². The molecule has 1 aromatic heterocycles. The van der Waals surface area contributed by atoms with Crippen molar-refractivity contribution in [3.05, 3.63) is 95.8 Å². The van der Waals surface area contributed by atoms with E-state index in [4.69, 9.17) is 11.6 Å². The van der Waals surface area contributed by atoms with Gasteiger partial charge in [0.15, 0.2) is 5.82 Å². The normalized spacial score (nSPS) is 10.6. The van der Waals surface area contributed by atoms with Gasteiger partial charge in [-0.3, -0.25) is 4.79 Å². The lowest BCUT2D eigenvalue weighted by Crippen LogP contribution is -2.14. The molecular weight excluding hydrogens is 360 g/mol. The Bertz CT molecular complexity index is 1000. The summed E-state index contributed by atoms with van der Waals surface area (Å²) in [5.74, 6) is 0.305. The zero-order valence-electron chi connectivity index (χ0n) is 14.2. The van der Waals surface area contributed by atoms with E-state index >= 15 is 0 Å². The first-order valence-electron chi connectivity index (χ1n) is 8.35. The number of aromatic nitrogens is 3. The Morgan fingerprint density at radius 1 is 0.852 bits per heavy atom. The van der Waals surface area contributed by atoms with Crippen LogP contribution in [0.3, 0.4) is 0 Å². The first-order chi connectivity index (χ1) is 13.2. The lowest BCUT2D eigenvalue weighted by Gasteiger charge is -2.05. The summed E-state index contributed by atoms with van der Waals surface area (Å²) in [6.45, 7) is 0. The predicted molar refractivity (Wildman–Crippen MR) is 106 cm³/mol. The van der Waals surface area contributed by atoms with Gasteiger partial charge in [-0.05, 0) is 36.4 Å². The number of halogens is 1. The van der Waals surface area contributed by atoms with Gasteiger partial charge in [0.2, 0.25) is 5.82 Å². The number of hydrogen-bond acceptors (Lipinski definition) is 3. The molecule has 0 aliphatic carbocycles. The number of carbonyl (C=O) groups is 1. The van der Waals surface area contributed by atoms with Gasteiger partial charge in [0.1, 0.15) is 0 Å². The SMILES string of the molecule is O=C(Nc1ccc(Cl)cc1)c1nc(-c2ccccc2)n(-c2ccccc2)n1. The highest BCUT2D eigenvalue weighted by Gasteiger charge is 2.18. The van der Waals surface area contributed by atoms with Crippen molar-refractivity contribution < 1.29 is 4.79 Å². The van der Waals surface area contributed by atoms with Gasteiger partial charge in [0, 0.05) is 16.3 Å². The van der Waals surface area contributed by atoms with Gasteiger partial charge in [0.25, 0.3) is 5.91 Å². The zero-order chi connectivity index (χ0) is 18.6. The van der Waals surface area contributed by atoms with E-state index in [1.807, 2.05) is 60.7 Å². The van der Waals surface area contributed by atoms with Crippen molar-refractivity contribution in [2.75, 3.05) is 5.32 Å². The number of nitrogens with zero attached hydrogens (tertiary/aromatic N) is 3. The number of amides is 1. The minimum Gasteiger partial charge on any atom is -0.319 e. The molecule has 0 atom stereocenters. The van der Waals surface area contributed by atoms with Crippen molar-refractivity contribution in [3.8, 4) is 17.1 Å². The minimum atomic E-state index is -0.385. The summed E-state index contributed by atoms with van der Waals surface area (Å²) in [4.78, 5) is 17.1. The van der Waals surface area contributed by atoms with E-state index in [0.717, 1.165) is 11.3 Å². The molecule has 0 saturated carbocycles. The maximum absolute atomic E-state index is 12.6. The third kappa shape index (κ3) is 3.73. The van der Waals surface area contributed by atoms with E-state index in [1.54, 1.807) is 28.9 Å². The Kier molecular flexibility index (Phi) is 4.68. The van der Waals surface area contributed by atoms with E-state index in [9.17, 15) is 4.79 Å². The van der Waals surface area contributed by atoms with E-state index in [0.29, 0.717) is 16.5 Å². The van der Waals surface area contributed by atoms with Crippen LogP contribution in [0.2, 0.25) is 5.02 Å².